The Morgan fingerprint density at radius 2 is 2.10 bits per heavy atom. The van der Waals surface area contributed by atoms with Gasteiger partial charge >= 0.3 is 5.91 Å². The normalized spacial score (nSPS) is 15.4. The van der Waals surface area contributed by atoms with Crippen LogP contribution in [0.5, 0.6) is 0 Å². The molecule has 0 unspecified atom stereocenters. The topological polar surface area (TPSA) is 80.1 Å². The number of quaternary nitrogens is 1. The first-order chi connectivity index (χ1) is 10.1. The number of fused-ring (bicyclic) bond motifs is 2. The third-order valence-electron chi connectivity index (χ3n) is 3.66. The van der Waals surface area contributed by atoms with Crippen LogP contribution in [0.3, 0.4) is 0 Å². The van der Waals surface area contributed by atoms with Gasteiger partial charge in [-0.3, -0.25) is 20.3 Å². The summed E-state index contributed by atoms with van der Waals surface area (Å²) in [4.78, 5) is 26.4. The highest BCUT2D eigenvalue weighted by atomic mass is 32.2. The Hall–Kier alpha value is -2.38. The predicted molar refractivity (Wildman–Crippen MR) is 76.9 cm³/mol. The second-order valence-corrected chi connectivity index (χ2v) is 5.93. The molecule has 0 fully saturated rings. The van der Waals surface area contributed by atoms with Crippen LogP contribution in [0.2, 0.25) is 0 Å². The van der Waals surface area contributed by atoms with Crippen molar-refractivity contribution in [3.63, 3.8) is 0 Å². The summed E-state index contributed by atoms with van der Waals surface area (Å²) in [7, 11) is 0. The Morgan fingerprint density at radius 1 is 1.24 bits per heavy atom. The number of nitrogens with zero attached hydrogens (tertiary/aromatic N) is 2. The molecular weight excluding hydrogens is 290 g/mol. The molecule has 104 valence electrons. The fourth-order valence-corrected chi connectivity index (χ4v) is 3.88. The van der Waals surface area contributed by atoms with E-state index in [1.807, 2.05) is 23.1 Å². The number of anilines is 2. The van der Waals surface area contributed by atoms with E-state index in [2.05, 4.69) is 0 Å². The molecule has 0 saturated carbocycles. The van der Waals surface area contributed by atoms with Crippen LogP contribution in [0.1, 0.15) is 10.4 Å². The smallest absolute Gasteiger partial charge is 0.291 e. The number of amides is 1. The van der Waals surface area contributed by atoms with Crippen LogP contribution in [0.25, 0.3) is 0 Å². The Labute approximate surface area is 123 Å². The number of carbonyl (C=O) groups is 1. The predicted octanol–water partition coefficient (Wildman–Crippen LogP) is 1.87. The average molecular weight is 300 g/mol. The SMILES string of the molecule is O=C1[NH2+]CN2c3ccc([N+](=O)[O-])cc3Sc3cccc1c32. The monoisotopic (exact) mass is 300 g/mol. The molecule has 2 N–H and O–H groups in total. The zero-order valence-electron chi connectivity index (χ0n) is 10.8. The molecule has 0 aromatic heterocycles. The number of carbonyl (C=O) groups excluding carboxylic acids is 1. The van der Waals surface area contributed by atoms with Gasteiger partial charge in [-0.15, -0.1) is 0 Å². The van der Waals surface area contributed by atoms with Gasteiger partial charge in [0, 0.05) is 21.9 Å². The first kappa shape index (κ1) is 12.4. The number of para-hydroxylation sites is 1. The minimum absolute atomic E-state index is 0.0362. The van der Waals surface area contributed by atoms with E-state index in [0.29, 0.717) is 12.2 Å². The number of benzene rings is 2. The van der Waals surface area contributed by atoms with Crippen molar-refractivity contribution < 1.29 is 15.0 Å². The van der Waals surface area contributed by atoms with Gasteiger partial charge in [0.15, 0.2) is 6.67 Å². The molecule has 2 aromatic carbocycles. The lowest BCUT2D eigenvalue weighted by Gasteiger charge is -2.34. The number of non-ortho nitro benzene ring substituents is 1. The second kappa shape index (κ2) is 4.31. The number of nitro groups is 1. The van der Waals surface area contributed by atoms with Gasteiger partial charge in [0.25, 0.3) is 5.69 Å². The average Bonchev–Trinajstić information content (AvgIpc) is 2.49. The fourth-order valence-electron chi connectivity index (χ4n) is 2.72. The van der Waals surface area contributed by atoms with E-state index in [9.17, 15) is 14.9 Å². The molecule has 7 heteroatoms. The van der Waals surface area contributed by atoms with Gasteiger partial charge < -0.3 is 0 Å². The Morgan fingerprint density at radius 3 is 2.90 bits per heavy atom. The maximum Gasteiger partial charge on any atom is 0.346 e. The Kier molecular flexibility index (Phi) is 2.54. The van der Waals surface area contributed by atoms with E-state index >= 15 is 0 Å². The molecule has 0 bridgehead atoms. The number of nitro benzene ring substituents is 1. The molecule has 4 rings (SSSR count). The molecule has 2 heterocycles. The molecule has 0 saturated heterocycles. The minimum atomic E-state index is -0.390. The van der Waals surface area contributed by atoms with Crippen molar-refractivity contribution >= 4 is 34.7 Å². The van der Waals surface area contributed by atoms with Crippen molar-refractivity contribution in [2.45, 2.75) is 9.79 Å². The second-order valence-electron chi connectivity index (χ2n) is 4.84. The molecule has 2 aliphatic heterocycles. The summed E-state index contributed by atoms with van der Waals surface area (Å²) < 4.78 is 0. The first-order valence-corrected chi connectivity index (χ1v) is 7.21. The van der Waals surface area contributed by atoms with Crippen molar-refractivity contribution in [3.8, 4) is 0 Å². The Balaban J connectivity index is 1.92. The zero-order valence-corrected chi connectivity index (χ0v) is 11.6. The van der Waals surface area contributed by atoms with E-state index in [-0.39, 0.29) is 11.6 Å². The highest BCUT2D eigenvalue weighted by Crippen LogP contribution is 2.50. The van der Waals surface area contributed by atoms with Gasteiger partial charge in [-0.2, -0.15) is 0 Å². The van der Waals surface area contributed by atoms with Crippen molar-refractivity contribution in [3.05, 3.63) is 52.1 Å². The summed E-state index contributed by atoms with van der Waals surface area (Å²) in [5, 5.41) is 12.6. The third-order valence-corrected chi connectivity index (χ3v) is 4.75. The number of hydrogen-bond acceptors (Lipinski definition) is 5. The van der Waals surface area contributed by atoms with Gasteiger partial charge in [-0.05, 0) is 18.2 Å². The number of nitrogens with two attached hydrogens (primary N) is 1. The van der Waals surface area contributed by atoms with Crippen molar-refractivity contribution in [1.82, 2.24) is 0 Å². The quantitative estimate of drug-likeness (QED) is 0.642. The van der Waals surface area contributed by atoms with Crippen LogP contribution in [-0.2, 0) is 0 Å². The molecule has 0 spiro atoms. The van der Waals surface area contributed by atoms with Gasteiger partial charge in [-0.25, -0.2) is 4.79 Å². The summed E-state index contributed by atoms with van der Waals surface area (Å²) in [5.74, 6) is 0.0362. The standard InChI is InChI=1S/C14H9N3O3S/c18-14-9-2-1-3-11-13(9)16(7-15-14)10-5-4-8(17(19)20)6-12(10)21-11/h1-6H,7H2,(H,15,18)/p+1. The van der Waals surface area contributed by atoms with Crippen LogP contribution in [0, 0.1) is 10.1 Å². The summed E-state index contributed by atoms with van der Waals surface area (Å²) in [6.07, 6.45) is 0. The molecule has 2 aliphatic rings. The van der Waals surface area contributed by atoms with Crippen LogP contribution in [0.15, 0.2) is 46.2 Å². The number of hydrogen-bond donors (Lipinski definition) is 1. The molecule has 1 amide bonds. The fraction of sp³-hybridized carbons (Fsp3) is 0.0714. The molecule has 0 atom stereocenters. The van der Waals surface area contributed by atoms with E-state index in [4.69, 9.17) is 0 Å². The van der Waals surface area contributed by atoms with Crippen molar-refractivity contribution in [1.29, 1.82) is 0 Å². The van der Waals surface area contributed by atoms with Crippen molar-refractivity contribution in [2.24, 2.45) is 0 Å². The highest BCUT2D eigenvalue weighted by Gasteiger charge is 2.34. The van der Waals surface area contributed by atoms with Crippen LogP contribution in [0.4, 0.5) is 17.1 Å². The highest BCUT2D eigenvalue weighted by molar-refractivity contribution is 7.99. The Bertz CT molecular complexity index is 806. The maximum atomic E-state index is 12.0. The summed E-state index contributed by atoms with van der Waals surface area (Å²) in [5.41, 5.74) is 2.60. The lowest BCUT2D eigenvalue weighted by Crippen LogP contribution is -2.92. The molecule has 0 radical (unpaired) electrons. The molecule has 6 nitrogen and oxygen atoms in total. The zero-order chi connectivity index (χ0) is 14.6. The molecular formula is C14H10N3O3S+. The summed E-state index contributed by atoms with van der Waals surface area (Å²) >= 11 is 1.47. The van der Waals surface area contributed by atoms with Gasteiger partial charge in [-0.1, -0.05) is 17.8 Å². The molecule has 21 heavy (non-hydrogen) atoms. The number of rotatable bonds is 1. The van der Waals surface area contributed by atoms with Gasteiger partial charge in [0.1, 0.15) is 5.56 Å². The van der Waals surface area contributed by atoms with Crippen molar-refractivity contribution in [2.75, 3.05) is 11.6 Å². The summed E-state index contributed by atoms with van der Waals surface area (Å²) in [6.45, 7) is 0.494. The lowest BCUT2D eigenvalue weighted by molar-refractivity contribution is -0.555. The third kappa shape index (κ3) is 1.75. The van der Waals surface area contributed by atoms with Crippen LogP contribution < -0.4 is 10.2 Å². The van der Waals surface area contributed by atoms with Gasteiger partial charge in [0.05, 0.1) is 16.3 Å². The van der Waals surface area contributed by atoms with Crippen LogP contribution in [-0.4, -0.2) is 17.5 Å². The maximum absolute atomic E-state index is 12.0. The van der Waals surface area contributed by atoms with Gasteiger partial charge in [0.2, 0.25) is 0 Å². The van der Waals surface area contributed by atoms with Crippen LogP contribution >= 0.6 is 11.8 Å². The first-order valence-electron chi connectivity index (χ1n) is 6.39. The number of primary amides is 1. The largest absolute Gasteiger partial charge is 0.346 e. The van der Waals surface area contributed by atoms with E-state index in [1.54, 1.807) is 17.4 Å². The molecule has 2 aromatic rings. The molecule has 0 aliphatic carbocycles. The van der Waals surface area contributed by atoms with E-state index in [0.717, 1.165) is 21.2 Å². The van der Waals surface area contributed by atoms with E-state index in [1.165, 1.54) is 17.8 Å². The minimum Gasteiger partial charge on any atom is -0.291 e. The lowest BCUT2D eigenvalue weighted by atomic mass is 10.1. The summed E-state index contributed by atoms with van der Waals surface area (Å²) in [6, 6.07) is 10.5. The van der Waals surface area contributed by atoms with E-state index < -0.39 is 4.92 Å².